The van der Waals surface area contributed by atoms with Crippen LogP contribution in [0.4, 0.5) is 0 Å². The molecule has 0 saturated heterocycles. The van der Waals surface area contributed by atoms with Gasteiger partial charge in [-0.15, -0.1) is 0 Å². The predicted molar refractivity (Wildman–Crippen MR) is 107 cm³/mol. The molecule has 2 aromatic rings. The second kappa shape index (κ2) is 10.1. The van der Waals surface area contributed by atoms with Gasteiger partial charge in [-0.3, -0.25) is 4.79 Å². The van der Waals surface area contributed by atoms with Gasteiger partial charge in [-0.25, -0.2) is 4.79 Å². The summed E-state index contributed by atoms with van der Waals surface area (Å²) in [6.45, 7) is 1.99. The lowest BCUT2D eigenvalue weighted by atomic mass is 10.1. The first kappa shape index (κ1) is 21.8. The third-order valence-electron chi connectivity index (χ3n) is 3.77. The fourth-order valence-corrected chi connectivity index (χ4v) is 2.36. The fourth-order valence-electron chi connectivity index (χ4n) is 2.36. The van der Waals surface area contributed by atoms with E-state index >= 15 is 0 Å². The Hall–Kier alpha value is -3.52. The van der Waals surface area contributed by atoms with Crippen LogP contribution in [0.3, 0.4) is 0 Å². The summed E-state index contributed by atoms with van der Waals surface area (Å²) in [7, 11) is 3.90. The quantitative estimate of drug-likeness (QED) is 0.639. The minimum Gasteiger partial charge on any atom is -0.480 e. The maximum Gasteiger partial charge on any atom is 0.328 e. The Bertz CT molecular complexity index is 982. The number of aliphatic hydroxyl groups excluding tert-OH is 1. The summed E-state index contributed by atoms with van der Waals surface area (Å²) in [4.78, 5) is 25.1. The number of nitrogens with one attached hydrogen (secondary N) is 1. The Kier molecular flexibility index (Phi) is 7.62. The van der Waals surface area contributed by atoms with Crippen molar-refractivity contribution in [2.24, 2.45) is 0 Å². The van der Waals surface area contributed by atoms with E-state index in [1.54, 1.807) is 18.2 Å². The van der Waals surface area contributed by atoms with Crippen LogP contribution >= 0.6 is 0 Å². The molecule has 2 rings (SSSR count). The molecule has 0 aliphatic carbocycles. The highest BCUT2D eigenvalue weighted by molar-refractivity contribution is 5.96. The van der Waals surface area contributed by atoms with Crippen molar-refractivity contribution in [1.29, 1.82) is 0 Å². The standard InChI is InChI=1S/C22H22N2O5/c1-15(25)20(22(27)28)23-21(26)17-10-8-16(9-11-17)6-4-5-7-18-12-13-19(29-18)14-24(2)3/h8-13,15,20,25H,14H2,1-3H3,(H,23,26)(H,27,28). The second-order valence-electron chi connectivity index (χ2n) is 6.61. The van der Waals surface area contributed by atoms with Crippen LogP contribution in [0.15, 0.2) is 40.8 Å². The lowest BCUT2D eigenvalue weighted by Crippen LogP contribution is -2.47. The molecule has 0 saturated carbocycles. The summed E-state index contributed by atoms with van der Waals surface area (Å²) in [5, 5.41) is 20.7. The minimum atomic E-state index is -1.38. The average Bonchev–Trinajstić information content (AvgIpc) is 3.09. The van der Waals surface area contributed by atoms with E-state index < -0.39 is 24.0 Å². The van der Waals surface area contributed by atoms with E-state index in [0.717, 1.165) is 5.76 Å². The highest BCUT2D eigenvalue weighted by Gasteiger charge is 2.25. The van der Waals surface area contributed by atoms with Crippen molar-refractivity contribution in [1.82, 2.24) is 10.2 Å². The molecular weight excluding hydrogens is 372 g/mol. The Balaban J connectivity index is 1.99. The third kappa shape index (κ3) is 6.86. The van der Waals surface area contributed by atoms with Crippen LogP contribution in [0.2, 0.25) is 0 Å². The van der Waals surface area contributed by atoms with Crippen molar-refractivity contribution in [3.63, 3.8) is 0 Å². The van der Waals surface area contributed by atoms with Gasteiger partial charge in [-0.05, 0) is 75.2 Å². The van der Waals surface area contributed by atoms with E-state index in [-0.39, 0.29) is 5.56 Å². The van der Waals surface area contributed by atoms with E-state index in [1.165, 1.54) is 19.1 Å². The number of carbonyl (C=O) groups excluding carboxylic acids is 1. The van der Waals surface area contributed by atoms with Crippen LogP contribution in [0.25, 0.3) is 0 Å². The first-order valence-electron chi connectivity index (χ1n) is 8.83. The lowest BCUT2D eigenvalue weighted by molar-refractivity contribution is -0.141. The molecule has 29 heavy (non-hydrogen) atoms. The van der Waals surface area contributed by atoms with Gasteiger partial charge >= 0.3 is 5.97 Å². The summed E-state index contributed by atoms with van der Waals surface area (Å²) in [6.07, 6.45) is -1.21. The number of benzene rings is 1. The minimum absolute atomic E-state index is 0.262. The van der Waals surface area contributed by atoms with Crippen LogP contribution in [0.1, 0.15) is 34.4 Å². The van der Waals surface area contributed by atoms with Crippen LogP contribution in [-0.2, 0) is 11.3 Å². The molecule has 7 heteroatoms. The zero-order valence-corrected chi connectivity index (χ0v) is 16.4. The van der Waals surface area contributed by atoms with Crippen molar-refractivity contribution < 1.29 is 24.2 Å². The van der Waals surface area contributed by atoms with E-state index in [2.05, 4.69) is 29.0 Å². The first-order chi connectivity index (χ1) is 13.8. The highest BCUT2D eigenvalue weighted by Crippen LogP contribution is 2.08. The molecule has 150 valence electrons. The van der Waals surface area contributed by atoms with E-state index in [0.29, 0.717) is 17.9 Å². The molecule has 0 aliphatic heterocycles. The molecule has 1 heterocycles. The van der Waals surface area contributed by atoms with Gasteiger partial charge in [0.15, 0.2) is 11.8 Å². The number of nitrogens with zero attached hydrogens (tertiary/aromatic N) is 1. The number of carbonyl (C=O) groups is 2. The highest BCUT2D eigenvalue weighted by atomic mass is 16.4. The maximum absolute atomic E-state index is 12.1. The van der Waals surface area contributed by atoms with Crippen LogP contribution < -0.4 is 5.32 Å². The van der Waals surface area contributed by atoms with E-state index in [9.17, 15) is 14.7 Å². The Morgan fingerprint density at radius 3 is 2.34 bits per heavy atom. The smallest absolute Gasteiger partial charge is 0.328 e. The molecule has 2 atom stereocenters. The number of aliphatic hydroxyl groups is 1. The Morgan fingerprint density at radius 2 is 1.76 bits per heavy atom. The molecule has 7 nitrogen and oxygen atoms in total. The number of carboxylic acids is 1. The van der Waals surface area contributed by atoms with Gasteiger partial charge in [-0.2, -0.15) is 0 Å². The van der Waals surface area contributed by atoms with Crippen LogP contribution in [0.5, 0.6) is 0 Å². The summed E-state index contributed by atoms with van der Waals surface area (Å²) in [5.41, 5.74) is 0.909. The van der Waals surface area contributed by atoms with Gasteiger partial charge in [0.05, 0.1) is 12.6 Å². The molecule has 1 amide bonds. The molecule has 0 spiro atoms. The Morgan fingerprint density at radius 1 is 1.10 bits per heavy atom. The molecular formula is C22H22N2O5. The first-order valence-corrected chi connectivity index (χ1v) is 8.83. The lowest BCUT2D eigenvalue weighted by Gasteiger charge is -2.16. The number of carboxylic acid groups (broad SMARTS) is 1. The van der Waals surface area contributed by atoms with Gasteiger partial charge in [0.2, 0.25) is 0 Å². The summed E-state index contributed by atoms with van der Waals surface area (Å²) >= 11 is 0. The summed E-state index contributed by atoms with van der Waals surface area (Å²) < 4.78 is 5.57. The second-order valence-corrected chi connectivity index (χ2v) is 6.61. The van der Waals surface area contributed by atoms with Crippen molar-refractivity contribution in [3.05, 3.63) is 59.0 Å². The zero-order chi connectivity index (χ0) is 21.4. The van der Waals surface area contributed by atoms with Gasteiger partial charge in [0.1, 0.15) is 5.76 Å². The van der Waals surface area contributed by atoms with Crippen molar-refractivity contribution in [2.45, 2.75) is 25.6 Å². The van der Waals surface area contributed by atoms with Crippen LogP contribution in [0, 0.1) is 23.7 Å². The van der Waals surface area contributed by atoms with E-state index in [4.69, 9.17) is 9.52 Å². The third-order valence-corrected chi connectivity index (χ3v) is 3.77. The molecule has 0 radical (unpaired) electrons. The van der Waals surface area contributed by atoms with Crippen molar-refractivity contribution >= 4 is 11.9 Å². The largest absolute Gasteiger partial charge is 0.480 e. The van der Waals surface area contributed by atoms with Crippen LogP contribution in [-0.4, -0.2) is 53.2 Å². The molecule has 1 aromatic heterocycles. The van der Waals surface area contributed by atoms with E-state index in [1.807, 2.05) is 25.1 Å². The molecule has 0 bridgehead atoms. The zero-order valence-electron chi connectivity index (χ0n) is 16.4. The number of hydrogen-bond acceptors (Lipinski definition) is 5. The SMILES string of the molecule is CC(O)C(NC(=O)c1ccc(C#CC#Cc2ccc(CN(C)C)o2)cc1)C(=O)O. The fraction of sp³-hybridized carbons (Fsp3) is 0.273. The molecule has 1 aromatic carbocycles. The average molecular weight is 394 g/mol. The predicted octanol–water partition coefficient (Wildman–Crippen LogP) is 1.31. The summed E-state index contributed by atoms with van der Waals surface area (Å²) in [6, 6.07) is 8.58. The summed E-state index contributed by atoms with van der Waals surface area (Å²) in [5.74, 6) is 10.6. The normalized spacial score (nSPS) is 12.2. The monoisotopic (exact) mass is 394 g/mol. The number of furan rings is 1. The molecule has 3 N–H and O–H groups in total. The maximum atomic E-state index is 12.1. The topological polar surface area (TPSA) is 103 Å². The van der Waals surface area contributed by atoms with Gasteiger partial charge in [0, 0.05) is 11.1 Å². The molecule has 0 fully saturated rings. The van der Waals surface area contributed by atoms with Crippen molar-refractivity contribution in [3.8, 4) is 23.7 Å². The Labute approximate surface area is 169 Å². The van der Waals surface area contributed by atoms with Gasteiger partial charge in [-0.1, -0.05) is 5.92 Å². The number of aliphatic carboxylic acids is 1. The number of amides is 1. The van der Waals surface area contributed by atoms with Crippen molar-refractivity contribution in [2.75, 3.05) is 14.1 Å². The van der Waals surface area contributed by atoms with Gasteiger partial charge in [0.25, 0.3) is 5.91 Å². The molecule has 2 unspecified atom stereocenters. The molecule has 0 aliphatic rings. The number of rotatable bonds is 6. The number of hydrogen-bond donors (Lipinski definition) is 3. The van der Waals surface area contributed by atoms with Gasteiger partial charge < -0.3 is 24.8 Å².